The maximum absolute atomic E-state index is 2.36. The van der Waals surface area contributed by atoms with Gasteiger partial charge in [0, 0.05) is 58.4 Å². The first-order chi connectivity index (χ1) is 26.8. The molecule has 0 saturated heterocycles. The third-order valence-corrected chi connectivity index (χ3v) is 11.3. The number of aryl methyl sites for hydroxylation is 2. The minimum Gasteiger partial charge on any atom is -0.323 e. The van der Waals surface area contributed by atoms with E-state index in [0.717, 1.165) is 11.4 Å². The highest BCUT2D eigenvalue weighted by Crippen LogP contribution is 2.40. The summed E-state index contributed by atoms with van der Waals surface area (Å²) in [6.07, 6.45) is 9.14. The first kappa shape index (κ1) is 36.8. The van der Waals surface area contributed by atoms with Crippen LogP contribution in [0.25, 0.3) is 67.0 Å². The largest absolute Gasteiger partial charge is 0.323 e. The predicted octanol–water partition coefficient (Wildman–Crippen LogP) is 14.8. The maximum Gasteiger partial charge on any atom is 0.0450 e. The minimum atomic E-state index is 0.115. The van der Waals surface area contributed by atoms with Gasteiger partial charge in [-0.1, -0.05) is 163 Å². The van der Waals surface area contributed by atoms with Gasteiger partial charge in [0.15, 0.2) is 0 Å². The molecule has 6 aromatic carbocycles. The molecule has 2 nitrogen and oxygen atoms in total. The molecule has 0 atom stereocenters. The lowest BCUT2D eigenvalue weighted by atomic mass is 9.87. The summed E-state index contributed by atoms with van der Waals surface area (Å²) in [5.41, 5.74) is 20.0. The Balaban J connectivity index is 1.15. The van der Waals surface area contributed by atoms with Crippen molar-refractivity contribution >= 4 is 0 Å². The van der Waals surface area contributed by atoms with E-state index in [4.69, 9.17) is 0 Å². The topological polar surface area (TPSA) is 9.86 Å². The monoisotopic (exact) mass is 728 g/mol. The Morgan fingerprint density at radius 1 is 0.321 bits per heavy atom. The number of aromatic nitrogens is 2. The summed E-state index contributed by atoms with van der Waals surface area (Å²) in [5, 5.41) is 0. The molecule has 2 heteroatoms. The average Bonchev–Trinajstić information content (AvgIpc) is 3.85. The Bertz CT molecular complexity index is 2430. The minimum absolute atomic E-state index is 0.115. The Labute approximate surface area is 333 Å². The second-order valence-electron chi connectivity index (χ2n) is 17.4. The summed E-state index contributed by atoms with van der Waals surface area (Å²) in [6, 6.07) is 53.4. The van der Waals surface area contributed by atoms with E-state index >= 15 is 0 Å². The molecule has 0 spiro atoms. The van der Waals surface area contributed by atoms with Crippen molar-refractivity contribution in [2.45, 2.75) is 66.2 Å². The third kappa shape index (κ3) is 7.32. The lowest BCUT2D eigenvalue weighted by molar-refractivity contribution is 0.590. The number of hydrogen-bond acceptors (Lipinski definition) is 0. The van der Waals surface area contributed by atoms with Crippen molar-refractivity contribution in [1.82, 2.24) is 9.13 Å². The third-order valence-electron chi connectivity index (χ3n) is 11.3. The van der Waals surface area contributed by atoms with Gasteiger partial charge in [-0.25, -0.2) is 0 Å². The maximum atomic E-state index is 2.36. The molecule has 0 aliphatic carbocycles. The highest BCUT2D eigenvalue weighted by molar-refractivity contribution is 5.88. The van der Waals surface area contributed by atoms with E-state index in [2.05, 4.69) is 235 Å². The molecule has 8 aromatic rings. The average molecular weight is 729 g/mol. The van der Waals surface area contributed by atoms with Crippen LogP contribution in [-0.4, -0.2) is 9.13 Å². The summed E-state index contributed by atoms with van der Waals surface area (Å²) in [7, 11) is 0. The molecule has 0 aliphatic heterocycles. The van der Waals surface area contributed by atoms with Gasteiger partial charge in [0.05, 0.1) is 0 Å². The van der Waals surface area contributed by atoms with E-state index in [1.54, 1.807) is 0 Å². The zero-order valence-corrected chi connectivity index (χ0v) is 34.1. The Kier molecular flexibility index (Phi) is 9.54. The Hall–Kier alpha value is -6.12. The summed E-state index contributed by atoms with van der Waals surface area (Å²) in [6.45, 7) is 18.1. The lowest BCUT2D eigenvalue weighted by Gasteiger charge is -2.19. The second kappa shape index (κ2) is 14.5. The molecular weight excluding hydrogens is 677 g/mol. The second-order valence-corrected chi connectivity index (χ2v) is 17.4. The van der Waals surface area contributed by atoms with Crippen molar-refractivity contribution in [3.8, 4) is 67.0 Å². The van der Waals surface area contributed by atoms with Gasteiger partial charge in [-0.3, -0.25) is 0 Å². The normalized spacial score (nSPS) is 11.9. The van der Waals surface area contributed by atoms with Crippen LogP contribution in [-0.2, 0) is 10.8 Å². The van der Waals surface area contributed by atoms with Gasteiger partial charge in [-0.2, -0.15) is 0 Å². The highest BCUT2D eigenvalue weighted by atomic mass is 15.0. The summed E-state index contributed by atoms with van der Waals surface area (Å²) in [4.78, 5) is 0. The Morgan fingerprint density at radius 2 is 0.643 bits per heavy atom. The molecule has 56 heavy (non-hydrogen) atoms. The Morgan fingerprint density at radius 3 is 0.946 bits per heavy atom. The molecule has 0 unspecified atom stereocenters. The number of benzene rings is 6. The van der Waals surface area contributed by atoms with E-state index in [-0.39, 0.29) is 10.8 Å². The first-order valence-corrected chi connectivity index (χ1v) is 19.8. The molecule has 0 amide bonds. The molecule has 0 aliphatic rings. The van der Waals surface area contributed by atoms with E-state index in [0.29, 0.717) is 0 Å². The lowest BCUT2D eigenvalue weighted by Crippen LogP contribution is -2.10. The fraction of sp³-hybridized carbons (Fsp3) is 0.185. The molecule has 8 rings (SSSR count). The predicted molar refractivity (Wildman–Crippen MR) is 239 cm³/mol. The highest BCUT2D eigenvalue weighted by Gasteiger charge is 2.19. The SMILES string of the molecule is Cc1cc(-c2cn(-c3ccc(C(C)(C)C)cc3)cc2-c2ccccc2)ccc1-c1ccc(-c2cn(-c3ccc(C(C)(C)C)cc3)cc2-c2ccccc2)cc1C. The number of nitrogens with zero attached hydrogens (tertiary/aromatic N) is 2. The zero-order valence-electron chi connectivity index (χ0n) is 34.1. The van der Waals surface area contributed by atoms with Gasteiger partial charge in [0.25, 0.3) is 0 Å². The molecule has 2 aromatic heterocycles. The number of rotatable bonds is 7. The van der Waals surface area contributed by atoms with Gasteiger partial charge in [0.1, 0.15) is 0 Å². The van der Waals surface area contributed by atoms with Crippen LogP contribution >= 0.6 is 0 Å². The van der Waals surface area contributed by atoms with Crippen molar-refractivity contribution in [3.63, 3.8) is 0 Å². The van der Waals surface area contributed by atoms with Crippen LogP contribution in [0.15, 0.2) is 170 Å². The van der Waals surface area contributed by atoms with E-state index in [9.17, 15) is 0 Å². The summed E-state index contributed by atoms with van der Waals surface area (Å²) in [5.74, 6) is 0. The van der Waals surface area contributed by atoms with Crippen molar-refractivity contribution < 1.29 is 0 Å². The van der Waals surface area contributed by atoms with Crippen LogP contribution in [0.4, 0.5) is 0 Å². The standard InChI is InChI=1S/C54H52N2/c1-37-31-41(51-35-55(33-49(51)39-15-11-9-12-16-39)45-25-21-43(22-26-45)53(3,4)5)19-29-47(37)48-30-20-42(32-38(48)2)52-36-56(34-50(52)40-17-13-10-14-18-40)46-27-23-44(24-28-46)54(6,7)8/h9-36H,1-8H3. The van der Waals surface area contributed by atoms with Crippen molar-refractivity contribution in [2.24, 2.45) is 0 Å². The van der Waals surface area contributed by atoms with E-state index in [1.165, 1.54) is 77.9 Å². The molecule has 0 saturated carbocycles. The molecule has 0 fully saturated rings. The molecule has 0 radical (unpaired) electrons. The summed E-state index contributed by atoms with van der Waals surface area (Å²) < 4.78 is 4.54. The van der Waals surface area contributed by atoms with Gasteiger partial charge < -0.3 is 9.13 Å². The smallest absolute Gasteiger partial charge is 0.0450 e. The zero-order chi connectivity index (χ0) is 39.2. The number of hydrogen-bond donors (Lipinski definition) is 0. The van der Waals surface area contributed by atoms with Crippen molar-refractivity contribution in [3.05, 3.63) is 193 Å². The van der Waals surface area contributed by atoms with Crippen molar-refractivity contribution in [2.75, 3.05) is 0 Å². The van der Waals surface area contributed by atoms with Crippen LogP contribution in [0.1, 0.15) is 63.8 Å². The van der Waals surface area contributed by atoms with Crippen LogP contribution in [0, 0.1) is 13.8 Å². The quantitative estimate of drug-likeness (QED) is 0.155. The van der Waals surface area contributed by atoms with Crippen molar-refractivity contribution in [1.29, 1.82) is 0 Å². The molecule has 0 bridgehead atoms. The van der Waals surface area contributed by atoms with Gasteiger partial charge >= 0.3 is 0 Å². The van der Waals surface area contributed by atoms with Gasteiger partial charge in [-0.15, -0.1) is 0 Å². The van der Waals surface area contributed by atoms with E-state index < -0.39 is 0 Å². The fourth-order valence-corrected chi connectivity index (χ4v) is 7.90. The summed E-state index contributed by atoms with van der Waals surface area (Å²) >= 11 is 0. The molecular formula is C54H52N2. The van der Waals surface area contributed by atoms with Gasteiger partial charge in [0.2, 0.25) is 0 Å². The van der Waals surface area contributed by atoms with E-state index in [1.807, 2.05) is 0 Å². The molecule has 278 valence electrons. The fourth-order valence-electron chi connectivity index (χ4n) is 7.90. The van der Waals surface area contributed by atoms with Crippen LogP contribution in [0.2, 0.25) is 0 Å². The van der Waals surface area contributed by atoms with Crippen LogP contribution < -0.4 is 0 Å². The van der Waals surface area contributed by atoms with Crippen LogP contribution in [0.5, 0.6) is 0 Å². The first-order valence-electron chi connectivity index (χ1n) is 19.8. The molecule has 2 heterocycles. The van der Waals surface area contributed by atoms with Crippen LogP contribution in [0.3, 0.4) is 0 Å². The molecule has 0 N–H and O–H groups in total. The van der Waals surface area contributed by atoms with Gasteiger partial charge in [-0.05, 0) is 105 Å².